The average Bonchev–Trinajstić information content (AvgIpc) is 2.14. The maximum atomic E-state index is 4.02. The van der Waals surface area contributed by atoms with Gasteiger partial charge in [-0.15, -0.1) is 0 Å². The Morgan fingerprint density at radius 2 is 2.50 bits per heavy atom. The third kappa shape index (κ3) is 1.29. The van der Waals surface area contributed by atoms with E-state index < -0.39 is 0 Å². The molecule has 1 aliphatic rings. The van der Waals surface area contributed by atoms with Crippen molar-refractivity contribution in [1.82, 2.24) is 0 Å². The van der Waals surface area contributed by atoms with E-state index in [-0.39, 0.29) is 0 Å². The van der Waals surface area contributed by atoms with E-state index in [1.807, 2.05) is 7.05 Å². The molecule has 8 heavy (non-hydrogen) atoms. The fraction of sp³-hybridized carbons (Fsp3) is 0.400. The summed E-state index contributed by atoms with van der Waals surface area (Å²) in [5.74, 6) is 1.04. The molecule has 1 saturated heterocycles. The summed E-state index contributed by atoms with van der Waals surface area (Å²) in [7, 11) is 1.81. The van der Waals surface area contributed by atoms with Crippen LogP contribution in [0.25, 0.3) is 0 Å². The molecule has 0 aromatic heterocycles. The first-order chi connectivity index (χ1) is 3.83. The molecule has 0 aromatic carbocycles. The van der Waals surface area contributed by atoms with Crippen molar-refractivity contribution in [3.8, 4) is 0 Å². The van der Waals surface area contributed by atoms with Crippen LogP contribution in [0, 0.1) is 0 Å². The predicted octanol–water partition coefficient (Wildman–Crippen LogP) is 1.97. The van der Waals surface area contributed by atoms with Crippen LogP contribution in [0.2, 0.25) is 0 Å². The summed E-state index contributed by atoms with van der Waals surface area (Å²) in [6.45, 7) is 3.81. The maximum Gasteiger partial charge on any atom is 0.129 e. The van der Waals surface area contributed by atoms with Crippen LogP contribution in [0.5, 0.6) is 0 Å². The van der Waals surface area contributed by atoms with E-state index in [9.17, 15) is 0 Å². The Labute approximate surface area is 57.6 Å². The molecule has 1 rings (SSSR count). The summed E-state index contributed by atoms with van der Waals surface area (Å²) in [5, 5.41) is 0. The highest BCUT2D eigenvalue weighted by Gasteiger charge is 2.11. The van der Waals surface area contributed by atoms with Gasteiger partial charge in [-0.25, -0.2) is 0 Å². The smallest absolute Gasteiger partial charge is 0.129 e. The van der Waals surface area contributed by atoms with E-state index in [4.69, 9.17) is 0 Å². The summed E-state index contributed by atoms with van der Waals surface area (Å²) >= 11 is 3.45. The highest BCUT2D eigenvalue weighted by atomic mass is 32.2. The van der Waals surface area contributed by atoms with Crippen LogP contribution in [0.15, 0.2) is 16.5 Å². The van der Waals surface area contributed by atoms with Crippen molar-refractivity contribution in [2.45, 2.75) is 0 Å². The fourth-order valence-corrected chi connectivity index (χ4v) is 2.37. The van der Waals surface area contributed by atoms with Gasteiger partial charge < -0.3 is 0 Å². The average molecular weight is 145 g/mol. The first-order valence-corrected chi connectivity index (χ1v) is 4.08. The number of hydrogen-bond donors (Lipinski definition) is 0. The lowest BCUT2D eigenvalue weighted by molar-refractivity contribution is 1.48. The molecule has 0 spiro atoms. The van der Waals surface area contributed by atoms with E-state index >= 15 is 0 Å². The molecule has 0 aliphatic carbocycles. The van der Waals surface area contributed by atoms with Crippen LogP contribution < -0.4 is 0 Å². The molecule has 1 nitrogen and oxygen atoms in total. The molecule has 0 unspecified atom stereocenters. The molecule has 0 atom stereocenters. The second-order valence-electron chi connectivity index (χ2n) is 1.42. The van der Waals surface area contributed by atoms with Gasteiger partial charge in [-0.2, -0.15) is 0 Å². The molecule has 0 saturated carbocycles. The molecule has 1 fully saturated rings. The van der Waals surface area contributed by atoms with Gasteiger partial charge in [0.2, 0.25) is 0 Å². The van der Waals surface area contributed by atoms with E-state index in [2.05, 4.69) is 11.6 Å². The van der Waals surface area contributed by atoms with Gasteiger partial charge in [-0.1, -0.05) is 30.1 Å². The van der Waals surface area contributed by atoms with Gasteiger partial charge in [0.1, 0.15) is 4.38 Å². The van der Waals surface area contributed by atoms with E-state index in [1.165, 1.54) is 4.91 Å². The molecule has 1 heterocycles. The van der Waals surface area contributed by atoms with Crippen molar-refractivity contribution in [3.63, 3.8) is 0 Å². The molecule has 0 amide bonds. The molecule has 0 radical (unpaired) electrons. The largest absolute Gasteiger partial charge is 0.275 e. The molecule has 44 valence electrons. The number of thioether (sulfide) groups is 2. The summed E-state index contributed by atoms with van der Waals surface area (Å²) in [5.41, 5.74) is 0. The van der Waals surface area contributed by atoms with E-state index in [1.54, 1.807) is 23.5 Å². The number of hydrogen-bond acceptors (Lipinski definition) is 3. The summed E-state index contributed by atoms with van der Waals surface area (Å²) in [4.78, 5) is 5.24. The van der Waals surface area contributed by atoms with Gasteiger partial charge in [0.05, 0.1) is 0 Å². The standard InChI is InChI=1S/C5H7NS2/c1-4-3-7-5(6-2)8-4/h1,3H2,2H3. The highest BCUT2D eigenvalue weighted by molar-refractivity contribution is 8.43. The molecular formula is C5H7NS2. The Morgan fingerprint density at radius 3 is 2.75 bits per heavy atom. The Bertz CT molecular complexity index is 139. The van der Waals surface area contributed by atoms with Crippen molar-refractivity contribution < 1.29 is 0 Å². The van der Waals surface area contributed by atoms with Gasteiger partial charge in [-0.3, -0.25) is 4.99 Å². The zero-order valence-corrected chi connectivity index (χ0v) is 6.31. The Kier molecular flexibility index (Phi) is 2.02. The third-order valence-electron chi connectivity index (χ3n) is 0.771. The van der Waals surface area contributed by atoms with Gasteiger partial charge in [-0.05, 0) is 4.91 Å². The quantitative estimate of drug-likeness (QED) is 0.516. The van der Waals surface area contributed by atoms with Crippen molar-refractivity contribution in [2.24, 2.45) is 4.99 Å². The molecule has 0 aromatic rings. The lowest BCUT2D eigenvalue weighted by Crippen LogP contribution is -1.71. The van der Waals surface area contributed by atoms with Crippen molar-refractivity contribution in [2.75, 3.05) is 12.8 Å². The monoisotopic (exact) mass is 145 g/mol. The number of rotatable bonds is 0. The summed E-state index contributed by atoms with van der Waals surface area (Å²) < 4.78 is 1.15. The zero-order chi connectivity index (χ0) is 5.98. The number of aliphatic imine (C=N–C) groups is 1. The Hall–Kier alpha value is 0.110. The first-order valence-electron chi connectivity index (χ1n) is 2.28. The van der Waals surface area contributed by atoms with E-state index in [0.717, 1.165) is 10.1 Å². The summed E-state index contributed by atoms with van der Waals surface area (Å²) in [6.07, 6.45) is 0. The fourth-order valence-electron chi connectivity index (χ4n) is 0.435. The topological polar surface area (TPSA) is 12.4 Å². The van der Waals surface area contributed by atoms with Gasteiger partial charge in [0.15, 0.2) is 0 Å². The lowest BCUT2D eigenvalue weighted by atomic mass is 10.7. The van der Waals surface area contributed by atoms with Crippen molar-refractivity contribution >= 4 is 27.9 Å². The zero-order valence-electron chi connectivity index (χ0n) is 4.68. The normalized spacial score (nSPS) is 25.1. The molecular weight excluding hydrogens is 138 g/mol. The molecule has 1 aliphatic heterocycles. The van der Waals surface area contributed by atoms with Gasteiger partial charge >= 0.3 is 0 Å². The predicted molar refractivity (Wildman–Crippen MR) is 42.5 cm³/mol. The van der Waals surface area contributed by atoms with Crippen LogP contribution in [0.4, 0.5) is 0 Å². The molecule has 0 bridgehead atoms. The SMILES string of the molecule is C=C1CSC(=NC)S1. The minimum Gasteiger partial charge on any atom is -0.275 e. The Balaban J connectivity index is 2.56. The van der Waals surface area contributed by atoms with Crippen LogP contribution >= 0.6 is 23.5 Å². The second kappa shape index (κ2) is 2.60. The van der Waals surface area contributed by atoms with Crippen molar-refractivity contribution in [3.05, 3.63) is 11.5 Å². The lowest BCUT2D eigenvalue weighted by Gasteiger charge is -1.83. The molecule has 3 heteroatoms. The highest BCUT2D eigenvalue weighted by Crippen LogP contribution is 2.34. The molecule has 0 N–H and O–H groups in total. The Morgan fingerprint density at radius 1 is 1.75 bits per heavy atom. The van der Waals surface area contributed by atoms with Crippen LogP contribution in [0.1, 0.15) is 0 Å². The maximum absolute atomic E-state index is 4.02. The minimum absolute atomic E-state index is 1.04. The third-order valence-corrected chi connectivity index (χ3v) is 3.27. The number of nitrogens with zero attached hydrogens (tertiary/aromatic N) is 1. The van der Waals surface area contributed by atoms with Crippen LogP contribution in [-0.2, 0) is 0 Å². The first kappa shape index (κ1) is 6.23. The van der Waals surface area contributed by atoms with Crippen LogP contribution in [-0.4, -0.2) is 17.2 Å². The minimum atomic E-state index is 1.04. The van der Waals surface area contributed by atoms with Crippen molar-refractivity contribution in [1.29, 1.82) is 0 Å². The van der Waals surface area contributed by atoms with Gasteiger partial charge in [0.25, 0.3) is 0 Å². The second-order valence-corrected chi connectivity index (χ2v) is 3.81. The van der Waals surface area contributed by atoms with Crippen LogP contribution in [0.3, 0.4) is 0 Å². The van der Waals surface area contributed by atoms with E-state index in [0.29, 0.717) is 0 Å². The van der Waals surface area contributed by atoms with Gasteiger partial charge in [0, 0.05) is 12.8 Å². The summed E-state index contributed by atoms with van der Waals surface area (Å²) in [6, 6.07) is 0.